The molecule has 0 atom stereocenters. The zero-order valence-corrected chi connectivity index (χ0v) is 11.2. The summed E-state index contributed by atoms with van der Waals surface area (Å²) in [5.41, 5.74) is 4.42. The quantitative estimate of drug-likeness (QED) is 0.731. The molecule has 0 amide bonds. The molecule has 0 aliphatic carbocycles. The molecular weight excluding hydrogens is 236 g/mol. The maximum absolute atomic E-state index is 12.3. The molecule has 3 rings (SSSR count). The van der Waals surface area contributed by atoms with Crippen LogP contribution in [-0.2, 0) is 6.54 Å². The van der Waals surface area contributed by atoms with Gasteiger partial charge in [-0.15, -0.1) is 0 Å². The average molecular weight is 252 g/mol. The molecule has 0 bridgehead atoms. The highest BCUT2D eigenvalue weighted by atomic mass is 16.1. The number of carbonyl (C=O) groups excluding carboxylic acids is 1. The fourth-order valence-electron chi connectivity index (χ4n) is 2.51. The van der Waals surface area contributed by atoms with Crippen molar-refractivity contribution in [3.63, 3.8) is 0 Å². The van der Waals surface area contributed by atoms with Crippen LogP contribution in [0.4, 0.5) is 0 Å². The minimum atomic E-state index is 0.0521. The molecule has 1 aliphatic rings. The van der Waals surface area contributed by atoms with E-state index < -0.39 is 0 Å². The molecule has 96 valence electrons. The van der Waals surface area contributed by atoms with Crippen LogP contribution >= 0.6 is 0 Å². The molecule has 0 unspecified atom stereocenters. The van der Waals surface area contributed by atoms with Gasteiger partial charge in [0.05, 0.1) is 0 Å². The van der Waals surface area contributed by atoms with Crippen LogP contribution in [0.25, 0.3) is 6.08 Å². The predicted molar refractivity (Wildman–Crippen MR) is 75.1 cm³/mol. The van der Waals surface area contributed by atoms with Crippen molar-refractivity contribution in [3.05, 3.63) is 58.7 Å². The molecule has 0 spiro atoms. The Balaban J connectivity index is 1.99. The van der Waals surface area contributed by atoms with Crippen molar-refractivity contribution in [1.82, 2.24) is 9.55 Å². The van der Waals surface area contributed by atoms with E-state index in [-0.39, 0.29) is 5.78 Å². The second-order valence-electron chi connectivity index (χ2n) is 5.05. The molecule has 0 saturated heterocycles. The highest BCUT2D eigenvalue weighted by molar-refractivity contribution is 6.09. The van der Waals surface area contributed by atoms with Gasteiger partial charge in [-0.2, -0.15) is 0 Å². The maximum atomic E-state index is 12.3. The average Bonchev–Trinajstić information content (AvgIpc) is 2.85. The van der Waals surface area contributed by atoms with Gasteiger partial charge in [0, 0.05) is 24.5 Å². The van der Waals surface area contributed by atoms with Crippen molar-refractivity contribution >= 4 is 11.9 Å². The number of aryl methyl sites for hydroxylation is 3. The third-order valence-corrected chi connectivity index (χ3v) is 3.59. The summed E-state index contributed by atoms with van der Waals surface area (Å²) in [5.74, 6) is 0.610. The number of nitrogens with zero attached hydrogens (tertiary/aromatic N) is 2. The Morgan fingerprint density at radius 2 is 2.16 bits per heavy atom. The summed E-state index contributed by atoms with van der Waals surface area (Å²) in [4.78, 5) is 16.4. The number of rotatable bonds is 1. The Bertz CT molecular complexity index is 680. The number of ketones is 1. The molecule has 3 heteroatoms. The van der Waals surface area contributed by atoms with Gasteiger partial charge < -0.3 is 4.57 Å². The van der Waals surface area contributed by atoms with Gasteiger partial charge in [-0.25, -0.2) is 4.98 Å². The number of hydrogen-bond donors (Lipinski definition) is 0. The van der Waals surface area contributed by atoms with E-state index in [1.54, 1.807) is 6.20 Å². The number of benzene rings is 1. The van der Waals surface area contributed by atoms with Crippen molar-refractivity contribution in [3.8, 4) is 0 Å². The molecule has 1 aromatic heterocycles. The Morgan fingerprint density at radius 3 is 2.95 bits per heavy atom. The molecule has 2 heterocycles. The first-order valence-electron chi connectivity index (χ1n) is 6.49. The SMILES string of the molecule is Cc1ccc(C=C2CCn3ccnc3C2=O)c(C)c1. The molecule has 0 N–H and O–H groups in total. The van der Waals surface area contributed by atoms with Crippen LogP contribution in [0.15, 0.2) is 36.2 Å². The largest absolute Gasteiger partial charge is 0.328 e. The van der Waals surface area contributed by atoms with E-state index in [2.05, 4.69) is 37.0 Å². The summed E-state index contributed by atoms with van der Waals surface area (Å²) >= 11 is 0. The third-order valence-electron chi connectivity index (χ3n) is 3.59. The number of carbonyl (C=O) groups is 1. The lowest BCUT2D eigenvalue weighted by Gasteiger charge is -2.16. The van der Waals surface area contributed by atoms with Gasteiger partial charge in [-0.3, -0.25) is 4.79 Å². The Morgan fingerprint density at radius 1 is 1.32 bits per heavy atom. The smallest absolute Gasteiger partial charge is 0.224 e. The minimum Gasteiger partial charge on any atom is -0.328 e. The lowest BCUT2D eigenvalue weighted by Crippen LogP contribution is -2.19. The van der Waals surface area contributed by atoms with Crippen molar-refractivity contribution in [2.45, 2.75) is 26.8 Å². The first kappa shape index (κ1) is 11.9. The van der Waals surface area contributed by atoms with E-state index in [0.29, 0.717) is 5.82 Å². The highest BCUT2D eigenvalue weighted by Crippen LogP contribution is 2.22. The second-order valence-corrected chi connectivity index (χ2v) is 5.05. The minimum absolute atomic E-state index is 0.0521. The van der Waals surface area contributed by atoms with Gasteiger partial charge in [0.25, 0.3) is 0 Å². The van der Waals surface area contributed by atoms with Gasteiger partial charge in [0.2, 0.25) is 5.78 Å². The van der Waals surface area contributed by atoms with E-state index in [1.165, 1.54) is 11.1 Å². The van der Waals surface area contributed by atoms with E-state index >= 15 is 0 Å². The molecule has 1 aliphatic heterocycles. The Kier molecular flexibility index (Phi) is 2.82. The number of aromatic nitrogens is 2. The molecular formula is C16H16N2O. The number of Topliss-reactive ketones (excluding diaryl/α,β-unsaturated/α-hetero) is 1. The lowest BCUT2D eigenvalue weighted by atomic mass is 9.98. The molecule has 2 aromatic rings. The van der Waals surface area contributed by atoms with Crippen LogP contribution in [0.5, 0.6) is 0 Å². The van der Waals surface area contributed by atoms with Gasteiger partial charge in [0.1, 0.15) is 0 Å². The zero-order valence-electron chi connectivity index (χ0n) is 11.2. The van der Waals surface area contributed by atoms with Crippen molar-refractivity contribution in [1.29, 1.82) is 0 Å². The molecule has 0 saturated carbocycles. The topological polar surface area (TPSA) is 34.9 Å². The van der Waals surface area contributed by atoms with E-state index in [4.69, 9.17) is 0 Å². The van der Waals surface area contributed by atoms with Crippen molar-refractivity contribution < 1.29 is 4.79 Å². The van der Waals surface area contributed by atoms with Crippen LogP contribution in [0.2, 0.25) is 0 Å². The summed E-state index contributed by atoms with van der Waals surface area (Å²) in [6.07, 6.45) is 6.33. The number of imidazole rings is 1. The molecule has 3 nitrogen and oxygen atoms in total. The number of allylic oxidation sites excluding steroid dienone is 1. The summed E-state index contributed by atoms with van der Waals surface area (Å²) < 4.78 is 1.92. The Hall–Kier alpha value is -2.16. The van der Waals surface area contributed by atoms with Crippen LogP contribution in [0.3, 0.4) is 0 Å². The van der Waals surface area contributed by atoms with Crippen molar-refractivity contribution in [2.75, 3.05) is 0 Å². The van der Waals surface area contributed by atoms with E-state index in [9.17, 15) is 4.79 Å². The first-order valence-corrected chi connectivity index (χ1v) is 6.49. The highest BCUT2D eigenvalue weighted by Gasteiger charge is 2.22. The third kappa shape index (κ3) is 2.12. The lowest BCUT2D eigenvalue weighted by molar-refractivity contribution is 0.100. The van der Waals surface area contributed by atoms with Gasteiger partial charge in [-0.05, 0) is 37.5 Å². The van der Waals surface area contributed by atoms with Gasteiger partial charge in [-0.1, -0.05) is 23.8 Å². The summed E-state index contributed by atoms with van der Waals surface area (Å²) in [7, 11) is 0. The normalized spacial score (nSPS) is 16.7. The molecule has 0 radical (unpaired) electrons. The second kappa shape index (κ2) is 4.50. The summed E-state index contributed by atoms with van der Waals surface area (Å²) in [6.45, 7) is 4.98. The first-order chi connectivity index (χ1) is 9.15. The van der Waals surface area contributed by atoms with E-state index in [1.807, 2.05) is 16.8 Å². The summed E-state index contributed by atoms with van der Waals surface area (Å²) in [6, 6.07) is 6.29. The molecule has 1 aromatic carbocycles. The van der Waals surface area contributed by atoms with E-state index in [0.717, 1.165) is 24.1 Å². The Labute approximate surface area is 112 Å². The maximum Gasteiger partial charge on any atom is 0.224 e. The zero-order chi connectivity index (χ0) is 13.4. The fraction of sp³-hybridized carbons (Fsp3) is 0.250. The molecule has 0 fully saturated rings. The number of fused-ring (bicyclic) bond motifs is 1. The van der Waals surface area contributed by atoms with Gasteiger partial charge in [0.15, 0.2) is 5.82 Å². The molecule has 19 heavy (non-hydrogen) atoms. The van der Waals surface area contributed by atoms with Crippen LogP contribution < -0.4 is 0 Å². The number of hydrogen-bond acceptors (Lipinski definition) is 2. The predicted octanol–water partition coefficient (Wildman–Crippen LogP) is 3.17. The van der Waals surface area contributed by atoms with Crippen LogP contribution in [0, 0.1) is 13.8 Å². The summed E-state index contributed by atoms with van der Waals surface area (Å²) in [5, 5.41) is 0. The standard InChI is InChI=1S/C16H16N2O/c1-11-3-4-13(12(2)9-11)10-14-5-7-18-8-6-17-16(18)15(14)19/h3-4,6,8-10H,5,7H2,1-2H3. The van der Waals surface area contributed by atoms with Crippen LogP contribution in [0.1, 0.15) is 33.7 Å². The van der Waals surface area contributed by atoms with Crippen molar-refractivity contribution in [2.24, 2.45) is 0 Å². The monoisotopic (exact) mass is 252 g/mol. The fourth-order valence-corrected chi connectivity index (χ4v) is 2.51. The van der Waals surface area contributed by atoms with Crippen LogP contribution in [-0.4, -0.2) is 15.3 Å². The van der Waals surface area contributed by atoms with Gasteiger partial charge >= 0.3 is 0 Å².